The van der Waals surface area contributed by atoms with E-state index >= 15 is 0 Å². The van der Waals surface area contributed by atoms with E-state index in [1.807, 2.05) is 74.2 Å². The van der Waals surface area contributed by atoms with Gasteiger partial charge in [-0.3, -0.25) is 9.59 Å². The Labute approximate surface area is 272 Å². The van der Waals surface area contributed by atoms with Crippen molar-refractivity contribution in [2.45, 2.75) is 89.8 Å². The van der Waals surface area contributed by atoms with Crippen LogP contribution in [0.5, 0.6) is 11.5 Å². The number of rotatable bonds is 9. The lowest BCUT2D eigenvalue weighted by molar-refractivity contribution is -0.143. The van der Waals surface area contributed by atoms with Crippen molar-refractivity contribution in [1.29, 1.82) is 0 Å². The lowest BCUT2D eigenvalue weighted by atomic mass is 9.73. The van der Waals surface area contributed by atoms with E-state index in [1.54, 1.807) is 19.2 Å². The zero-order chi connectivity index (χ0) is 32.8. The summed E-state index contributed by atoms with van der Waals surface area (Å²) in [4.78, 5) is 41.9. The van der Waals surface area contributed by atoms with E-state index < -0.39 is 17.7 Å². The van der Waals surface area contributed by atoms with Gasteiger partial charge in [0.2, 0.25) is 11.8 Å². The van der Waals surface area contributed by atoms with E-state index in [-0.39, 0.29) is 36.1 Å². The highest BCUT2D eigenvalue weighted by Gasteiger charge is 2.44. The minimum Gasteiger partial charge on any atom is -0.493 e. The van der Waals surface area contributed by atoms with Gasteiger partial charge in [0.25, 0.3) is 0 Å². The molecule has 3 atom stereocenters. The summed E-state index contributed by atoms with van der Waals surface area (Å²) in [5, 5.41) is 9.69. The summed E-state index contributed by atoms with van der Waals surface area (Å²) >= 11 is 0. The number of nitrogens with zero attached hydrogens (tertiary/aromatic N) is 3. The molecule has 1 aliphatic carbocycles. The number of fused-ring (bicyclic) bond motifs is 1. The van der Waals surface area contributed by atoms with Gasteiger partial charge >= 0.3 is 6.09 Å². The number of carbonyl (C=O) groups excluding carboxylic acids is 3. The van der Waals surface area contributed by atoms with E-state index in [4.69, 9.17) is 19.3 Å². The SMILES string of the molecule is COc1ccc(C2=NN(C3CCN(C(=O)C[C@@H](Cc4ccccc4)NC(=O)OC(C)(C)C)CC3)C(=O)[C@@H]3CCCC[C@H]23)cc1OC. The highest BCUT2D eigenvalue weighted by molar-refractivity contribution is 6.07. The van der Waals surface area contributed by atoms with E-state index in [0.29, 0.717) is 43.9 Å². The van der Waals surface area contributed by atoms with Gasteiger partial charge in [-0.1, -0.05) is 43.2 Å². The molecule has 1 saturated heterocycles. The number of hydrogen-bond acceptors (Lipinski definition) is 7. The summed E-state index contributed by atoms with van der Waals surface area (Å²) in [5.74, 6) is 1.35. The molecule has 3 amide bonds. The molecule has 3 aliphatic rings. The molecule has 248 valence electrons. The van der Waals surface area contributed by atoms with E-state index in [1.165, 1.54) is 0 Å². The van der Waals surface area contributed by atoms with Crippen molar-refractivity contribution in [1.82, 2.24) is 15.2 Å². The van der Waals surface area contributed by atoms with Gasteiger partial charge in [0.1, 0.15) is 5.60 Å². The molecule has 5 rings (SSSR count). The Morgan fingerprint density at radius 2 is 1.61 bits per heavy atom. The van der Waals surface area contributed by atoms with E-state index in [0.717, 1.165) is 42.5 Å². The monoisotopic (exact) mass is 632 g/mol. The maximum absolute atomic E-state index is 13.8. The molecule has 10 nitrogen and oxygen atoms in total. The molecule has 0 radical (unpaired) electrons. The molecule has 2 heterocycles. The van der Waals surface area contributed by atoms with Crippen molar-refractivity contribution in [3.05, 3.63) is 59.7 Å². The molecular formula is C36H48N4O6. The van der Waals surface area contributed by atoms with Crippen LogP contribution in [0.4, 0.5) is 4.79 Å². The second-order valence-electron chi connectivity index (χ2n) is 13.6. The number of hydrogen-bond donors (Lipinski definition) is 1. The highest BCUT2D eigenvalue weighted by Crippen LogP contribution is 2.40. The summed E-state index contributed by atoms with van der Waals surface area (Å²) in [5.41, 5.74) is 2.27. The van der Waals surface area contributed by atoms with Gasteiger partial charge in [0, 0.05) is 43.0 Å². The molecule has 2 aliphatic heterocycles. The Balaban J connectivity index is 1.28. The molecular weight excluding hydrogens is 584 g/mol. The van der Waals surface area contributed by atoms with Gasteiger partial charge in [-0.2, -0.15) is 5.10 Å². The molecule has 0 spiro atoms. The fourth-order valence-corrected chi connectivity index (χ4v) is 6.94. The normalized spacial score (nSPS) is 21.2. The third-order valence-corrected chi connectivity index (χ3v) is 9.18. The average Bonchev–Trinajstić information content (AvgIpc) is 3.04. The summed E-state index contributed by atoms with van der Waals surface area (Å²) in [7, 11) is 3.24. The summed E-state index contributed by atoms with van der Waals surface area (Å²) in [6, 6.07) is 15.2. The van der Waals surface area contributed by atoms with Gasteiger partial charge in [-0.25, -0.2) is 9.80 Å². The lowest BCUT2D eigenvalue weighted by Crippen LogP contribution is -2.53. The molecule has 1 saturated carbocycles. The highest BCUT2D eigenvalue weighted by atomic mass is 16.6. The molecule has 46 heavy (non-hydrogen) atoms. The van der Waals surface area contributed by atoms with Gasteiger partial charge in [-0.15, -0.1) is 0 Å². The maximum Gasteiger partial charge on any atom is 0.407 e. The number of piperidine rings is 1. The lowest BCUT2D eigenvalue weighted by Gasteiger charge is -2.43. The first kappa shape index (κ1) is 33.3. The van der Waals surface area contributed by atoms with Crippen molar-refractivity contribution < 1.29 is 28.6 Å². The fraction of sp³-hybridized carbons (Fsp3) is 0.556. The molecule has 0 unspecified atom stereocenters. The van der Waals surface area contributed by atoms with Crippen LogP contribution in [0, 0.1) is 11.8 Å². The number of benzene rings is 2. The minimum atomic E-state index is -0.640. The number of likely N-dealkylation sites (tertiary alicyclic amines) is 1. The first-order valence-electron chi connectivity index (χ1n) is 16.5. The van der Waals surface area contributed by atoms with Crippen LogP contribution in [0.15, 0.2) is 53.6 Å². The van der Waals surface area contributed by atoms with Crippen LogP contribution in [0.25, 0.3) is 0 Å². The molecule has 0 bridgehead atoms. The van der Waals surface area contributed by atoms with Crippen LogP contribution < -0.4 is 14.8 Å². The number of hydrazone groups is 1. The standard InChI is InChI=1S/C36H48N4O6/c1-36(2,3)46-35(43)37-26(21-24-11-7-6-8-12-24)23-32(41)39-19-17-27(18-20-39)40-34(42)29-14-10-9-13-28(29)33(38-40)25-15-16-30(44-4)31(22-25)45-5/h6-8,11-12,15-16,22,26-29H,9-10,13-14,17-21,23H2,1-5H3,(H,37,43)/t26-,28+,29-/m1/s1. The van der Waals surface area contributed by atoms with Crippen LogP contribution in [0.3, 0.4) is 0 Å². The van der Waals surface area contributed by atoms with E-state index in [9.17, 15) is 14.4 Å². The molecule has 0 aromatic heterocycles. The summed E-state index contributed by atoms with van der Waals surface area (Å²) in [6.45, 7) is 6.49. The Morgan fingerprint density at radius 1 is 0.935 bits per heavy atom. The zero-order valence-electron chi connectivity index (χ0n) is 27.8. The van der Waals surface area contributed by atoms with Crippen molar-refractivity contribution in [3.63, 3.8) is 0 Å². The maximum atomic E-state index is 13.8. The second-order valence-corrected chi connectivity index (χ2v) is 13.6. The van der Waals surface area contributed by atoms with Crippen LogP contribution in [-0.4, -0.2) is 78.5 Å². The number of carbonyl (C=O) groups is 3. The predicted molar refractivity (Wildman–Crippen MR) is 176 cm³/mol. The molecule has 1 N–H and O–H groups in total. The second kappa shape index (κ2) is 14.6. The first-order chi connectivity index (χ1) is 22.1. The summed E-state index contributed by atoms with van der Waals surface area (Å²) < 4.78 is 16.5. The number of nitrogens with one attached hydrogen (secondary N) is 1. The van der Waals surface area contributed by atoms with Crippen LogP contribution in [0.2, 0.25) is 0 Å². The molecule has 2 aromatic rings. The Hall–Kier alpha value is -4.08. The third kappa shape index (κ3) is 8.00. The number of alkyl carbamates (subject to hydrolysis) is 1. The topological polar surface area (TPSA) is 110 Å². The van der Waals surface area contributed by atoms with Crippen LogP contribution >= 0.6 is 0 Å². The Morgan fingerprint density at radius 3 is 2.26 bits per heavy atom. The molecule has 10 heteroatoms. The van der Waals surface area contributed by atoms with Gasteiger partial charge in [-0.05, 0) is 76.6 Å². The van der Waals surface area contributed by atoms with Gasteiger partial charge in [0.05, 0.1) is 26.0 Å². The van der Waals surface area contributed by atoms with Crippen molar-refractivity contribution in [2.75, 3.05) is 27.3 Å². The average molecular weight is 633 g/mol. The van der Waals surface area contributed by atoms with Crippen molar-refractivity contribution >= 4 is 23.6 Å². The quantitative estimate of drug-likeness (QED) is 0.387. The van der Waals surface area contributed by atoms with Gasteiger partial charge in [0.15, 0.2) is 11.5 Å². The number of amides is 3. The number of methoxy groups -OCH3 is 2. The Kier molecular flexibility index (Phi) is 10.5. The van der Waals surface area contributed by atoms with Crippen LogP contribution in [0.1, 0.15) is 76.8 Å². The third-order valence-electron chi connectivity index (χ3n) is 9.18. The Bertz CT molecular complexity index is 1410. The first-order valence-corrected chi connectivity index (χ1v) is 16.5. The zero-order valence-corrected chi connectivity index (χ0v) is 27.8. The molecule has 2 fully saturated rings. The molecule has 2 aromatic carbocycles. The van der Waals surface area contributed by atoms with E-state index in [2.05, 4.69) is 5.32 Å². The van der Waals surface area contributed by atoms with Crippen molar-refractivity contribution in [2.24, 2.45) is 16.9 Å². The smallest absolute Gasteiger partial charge is 0.407 e. The number of ether oxygens (including phenoxy) is 3. The summed E-state index contributed by atoms with van der Waals surface area (Å²) in [6.07, 6.45) is 5.33. The van der Waals surface area contributed by atoms with Crippen LogP contribution in [-0.2, 0) is 20.7 Å². The largest absolute Gasteiger partial charge is 0.493 e. The minimum absolute atomic E-state index is 0.0257. The van der Waals surface area contributed by atoms with Crippen molar-refractivity contribution in [3.8, 4) is 11.5 Å². The predicted octanol–water partition coefficient (Wildman–Crippen LogP) is 5.57. The fourth-order valence-electron chi connectivity index (χ4n) is 6.94. The van der Waals surface area contributed by atoms with Gasteiger partial charge < -0.3 is 24.4 Å².